The number of rotatable bonds is 7. The van der Waals surface area contributed by atoms with Crippen molar-refractivity contribution in [3.05, 3.63) is 53.7 Å². The number of primary amides is 1. The number of hydrogen-bond acceptors (Lipinski definition) is 7. The van der Waals surface area contributed by atoms with E-state index in [0.717, 1.165) is 70.0 Å². The monoisotopic (exact) mass is 504 g/mol. The summed E-state index contributed by atoms with van der Waals surface area (Å²) >= 11 is 0. The summed E-state index contributed by atoms with van der Waals surface area (Å²) in [6, 6.07) is 11.8. The molecule has 3 N–H and O–H groups in total. The summed E-state index contributed by atoms with van der Waals surface area (Å²) in [6.45, 7) is 7.00. The highest BCUT2D eigenvalue weighted by atomic mass is 16.2. The molecule has 9 heteroatoms. The predicted octanol–water partition coefficient (Wildman–Crippen LogP) is 2.13. The number of piperazine rings is 1. The van der Waals surface area contributed by atoms with Gasteiger partial charge in [0.2, 0.25) is 11.8 Å². The fourth-order valence-corrected chi connectivity index (χ4v) is 5.80. The first-order valence-corrected chi connectivity index (χ1v) is 13.4. The fourth-order valence-electron chi connectivity index (χ4n) is 5.80. The van der Waals surface area contributed by atoms with Crippen molar-refractivity contribution in [3.63, 3.8) is 0 Å². The van der Waals surface area contributed by atoms with E-state index < -0.39 is 5.91 Å². The zero-order chi connectivity index (χ0) is 25.8. The molecule has 2 aromatic rings. The third kappa shape index (κ3) is 5.93. The standard InChI is InChI=1S/C28H36N6O3/c29-26(36)24-2-1-12-30-27(24)34-14-10-20(11-15-34)9-13-32-16-18-33(19-17-32)22-5-3-21(4-6-22)23-7-8-25(35)31-28(23)37/h1-6,12,20,23H,7-11,13-19H2,(H2,29,36)(H,31,35,37). The number of hydrogen-bond donors (Lipinski definition) is 2. The molecule has 3 saturated heterocycles. The van der Waals surface area contributed by atoms with Crippen molar-refractivity contribution in [2.75, 3.05) is 55.6 Å². The van der Waals surface area contributed by atoms with Gasteiger partial charge in [-0.3, -0.25) is 24.6 Å². The number of benzene rings is 1. The van der Waals surface area contributed by atoms with E-state index >= 15 is 0 Å². The van der Waals surface area contributed by atoms with Gasteiger partial charge in [-0.2, -0.15) is 0 Å². The summed E-state index contributed by atoms with van der Waals surface area (Å²) in [5.74, 6) is 0.392. The van der Waals surface area contributed by atoms with Crippen LogP contribution in [-0.4, -0.2) is 73.4 Å². The fraction of sp³-hybridized carbons (Fsp3) is 0.500. The van der Waals surface area contributed by atoms with Gasteiger partial charge in [0.25, 0.3) is 5.91 Å². The molecule has 3 amide bonds. The van der Waals surface area contributed by atoms with Gasteiger partial charge in [-0.25, -0.2) is 4.98 Å². The Bertz CT molecular complexity index is 1120. The number of nitrogens with zero attached hydrogens (tertiary/aromatic N) is 4. The Morgan fingerprint density at radius 2 is 1.68 bits per heavy atom. The largest absolute Gasteiger partial charge is 0.369 e. The van der Waals surface area contributed by atoms with Gasteiger partial charge in [0.15, 0.2) is 0 Å². The smallest absolute Gasteiger partial charge is 0.252 e. The van der Waals surface area contributed by atoms with Crippen molar-refractivity contribution < 1.29 is 14.4 Å². The van der Waals surface area contributed by atoms with Gasteiger partial charge in [0.1, 0.15) is 5.82 Å². The maximum absolute atomic E-state index is 12.2. The Hall–Kier alpha value is -3.46. The van der Waals surface area contributed by atoms with Crippen molar-refractivity contribution in [1.82, 2.24) is 15.2 Å². The van der Waals surface area contributed by atoms with E-state index in [9.17, 15) is 14.4 Å². The summed E-state index contributed by atoms with van der Waals surface area (Å²) in [6.07, 6.45) is 6.11. The molecule has 1 aromatic heterocycles. The van der Waals surface area contributed by atoms with Crippen LogP contribution in [0.4, 0.5) is 11.5 Å². The average Bonchev–Trinajstić information content (AvgIpc) is 2.93. The van der Waals surface area contributed by atoms with Crippen LogP contribution in [0.25, 0.3) is 0 Å². The molecule has 5 rings (SSSR count). The third-order valence-corrected chi connectivity index (χ3v) is 8.09. The van der Waals surface area contributed by atoms with Crippen molar-refractivity contribution >= 4 is 29.2 Å². The SMILES string of the molecule is NC(=O)c1cccnc1N1CCC(CCN2CCN(c3ccc(C4CCC(=O)NC4=O)cc3)CC2)CC1. The van der Waals surface area contributed by atoms with Crippen molar-refractivity contribution in [1.29, 1.82) is 0 Å². The van der Waals surface area contributed by atoms with Crippen LogP contribution in [0.5, 0.6) is 0 Å². The van der Waals surface area contributed by atoms with Crippen molar-refractivity contribution in [2.24, 2.45) is 11.7 Å². The lowest BCUT2D eigenvalue weighted by atomic mass is 9.90. The molecular formula is C28H36N6O3. The topological polar surface area (TPSA) is 112 Å². The number of piperidine rings is 2. The first-order chi connectivity index (χ1) is 18.0. The number of carbonyl (C=O) groups is 3. The van der Waals surface area contributed by atoms with Gasteiger partial charge in [-0.15, -0.1) is 0 Å². The Balaban J connectivity index is 1.05. The highest BCUT2D eigenvalue weighted by Crippen LogP contribution is 2.28. The second-order valence-corrected chi connectivity index (χ2v) is 10.4. The van der Waals surface area contributed by atoms with Crippen molar-refractivity contribution in [3.8, 4) is 0 Å². The van der Waals surface area contributed by atoms with Crippen LogP contribution in [0.1, 0.15) is 53.9 Å². The minimum absolute atomic E-state index is 0.176. The predicted molar refractivity (Wildman–Crippen MR) is 143 cm³/mol. The van der Waals surface area contributed by atoms with E-state index in [1.54, 1.807) is 18.3 Å². The Labute approximate surface area is 218 Å². The molecule has 3 fully saturated rings. The molecule has 0 spiro atoms. The van der Waals surface area contributed by atoms with Crippen LogP contribution in [-0.2, 0) is 9.59 Å². The van der Waals surface area contributed by atoms with Crippen molar-refractivity contribution in [2.45, 2.75) is 38.0 Å². The molecule has 0 bridgehead atoms. The van der Waals surface area contributed by atoms with Crippen LogP contribution >= 0.6 is 0 Å². The quantitative estimate of drug-likeness (QED) is 0.556. The van der Waals surface area contributed by atoms with Gasteiger partial charge >= 0.3 is 0 Å². The molecule has 37 heavy (non-hydrogen) atoms. The molecule has 0 saturated carbocycles. The highest BCUT2D eigenvalue weighted by molar-refractivity contribution is 6.01. The first kappa shape index (κ1) is 25.2. The number of imide groups is 1. The van der Waals surface area contributed by atoms with Crippen LogP contribution < -0.4 is 20.9 Å². The number of pyridine rings is 1. The van der Waals surface area contributed by atoms with E-state index in [1.165, 1.54) is 12.1 Å². The van der Waals surface area contributed by atoms with E-state index in [4.69, 9.17) is 5.73 Å². The maximum atomic E-state index is 12.2. The minimum atomic E-state index is -0.422. The summed E-state index contributed by atoms with van der Waals surface area (Å²) in [7, 11) is 0. The molecule has 0 radical (unpaired) electrons. The molecule has 4 heterocycles. The van der Waals surface area contributed by atoms with E-state index in [2.05, 4.69) is 37.1 Å². The van der Waals surface area contributed by atoms with E-state index in [1.807, 2.05) is 12.1 Å². The second-order valence-electron chi connectivity index (χ2n) is 10.4. The molecule has 1 atom stereocenters. The zero-order valence-corrected chi connectivity index (χ0v) is 21.3. The Morgan fingerprint density at radius 1 is 0.946 bits per heavy atom. The minimum Gasteiger partial charge on any atom is -0.369 e. The molecule has 1 unspecified atom stereocenters. The third-order valence-electron chi connectivity index (χ3n) is 8.09. The molecule has 3 aliphatic heterocycles. The number of carbonyl (C=O) groups excluding carboxylic acids is 3. The molecular weight excluding hydrogens is 468 g/mol. The molecule has 3 aliphatic rings. The second kappa shape index (κ2) is 11.3. The van der Waals surface area contributed by atoms with Crippen LogP contribution in [0.3, 0.4) is 0 Å². The van der Waals surface area contributed by atoms with Crippen LogP contribution in [0.2, 0.25) is 0 Å². The lowest BCUT2D eigenvalue weighted by molar-refractivity contribution is -0.134. The van der Waals surface area contributed by atoms with Crippen LogP contribution in [0.15, 0.2) is 42.6 Å². The van der Waals surface area contributed by atoms with Gasteiger partial charge in [0, 0.05) is 57.6 Å². The van der Waals surface area contributed by atoms with Gasteiger partial charge in [-0.1, -0.05) is 12.1 Å². The Morgan fingerprint density at radius 3 is 2.35 bits per heavy atom. The molecule has 196 valence electrons. The Kier molecular flexibility index (Phi) is 7.69. The normalized spacial score (nSPS) is 21.7. The van der Waals surface area contributed by atoms with E-state index in [0.29, 0.717) is 24.3 Å². The zero-order valence-electron chi connectivity index (χ0n) is 21.3. The first-order valence-electron chi connectivity index (χ1n) is 13.4. The van der Waals surface area contributed by atoms with E-state index in [-0.39, 0.29) is 17.7 Å². The number of anilines is 2. The summed E-state index contributed by atoms with van der Waals surface area (Å²) in [4.78, 5) is 46.9. The molecule has 0 aliphatic carbocycles. The van der Waals surface area contributed by atoms with Gasteiger partial charge < -0.3 is 15.5 Å². The summed E-state index contributed by atoms with van der Waals surface area (Å²) < 4.78 is 0. The molecule has 1 aromatic carbocycles. The summed E-state index contributed by atoms with van der Waals surface area (Å²) in [5, 5.41) is 2.45. The maximum Gasteiger partial charge on any atom is 0.252 e. The number of nitrogens with two attached hydrogens (primary N) is 1. The molecule has 9 nitrogen and oxygen atoms in total. The lowest BCUT2D eigenvalue weighted by Crippen LogP contribution is -2.47. The van der Waals surface area contributed by atoms with Crippen LogP contribution in [0, 0.1) is 5.92 Å². The highest BCUT2D eigenvalue weighted by Gasteiger charge is 2.28. The lowest BCUT2D eigenvalue weighted by Gasteiger charge is -2.38. The average molecular weight is 505 g/mol. The number of nitrogens with one attached hydrogen (secondary N) is 1. The van der Waals surface area contributed by atoms with Gasteiger partial charge in [0.05, 0.1) is 11.5 Å². The number of aromatic nitrogens is 1. The number of amides is 3. The summed E-state index contributed by atoms with van der Waals surface area (Å²) in [5.41, 5.74) is 8.20. The van der Waals surface area contributed by atoms with Gasteiger partial charge in [-0.05, 0) is 68.0 Å².